The lowest BCUT2D eigenvalue weighted by atomic mass is 10.1. The Morgan fingerprint density at radius 3 is 2.14 bits per heavy atom. The number of fused-ring (bicyclic) bond motifs is 1. The first-order valence-corrected chi connectivity index (χ1v) is 7.50. The fraction of sp³-hybridized carbons (Fsp3) is 0.200. The summed E-state index contributed by atoms with van der Waals surface area (Å²) < 4.78 is 0. The summed E-state index contributed by atoms with van der Waals surface area (Å²) in [6, 6.07) is 24.2. The Morgan fingerprint density at radius 2 is 1.43 bits per heavy atom. The van der Waals surface area contributed by atoms with E-state index in [-0.39, 0.29) is 0 Å². The highest BCUT2D eigenvalue weighted by atomic mass is 15.2. The minimum atomic E-state index is 0.410. The number of hydrogen-bond donors (Lipinski definition) is 0. The molecule has 21 heavy (non-hydrogen) atoms. The Morgan fingerprint density at radius 1 is 0.762 bits per heavy atom. The highest BCUT2D eigenvalue weighted by Crippen LogP contribution is 2.32. The van der Waals surface area contributed by atoms with Crippen molar-refractivity contribution in [3.63, 3.8) is 0 Å². The number of para-hydroxylation sites is 1. The fourth-order valence-electron chi connectivity index (χ4n) is 2.88. The Hall–Kier alpha value is -2.28. The predicted octanol–water partition coefficient (Wildman–Crippen LogP) is 5.69. The smallest absolute Gasteiger partial charge is 0.0442 e. The first-order chi connectivity index (χ1) is 10.2. The summed E-state index contributed by atoms with van der Waals surface area (Å²) in [5.74, 6) is 0. The number of anilines is 2. The average molecular weight is 275 g/mol. The third kappa shape index (κ3) is 2.64. The zero-order valence-corrected chi connectivity index (χ0v) is 12.9. The van der Waals surface area contributed by atoms with Crippen molar-refractivity contribution < 1.29 is 0 Å². The van der Waals surface area contributed by atoms with Gasteiger partial charge in [0.25, 0.3) is 0 Å². The minimum Gasteiger partial charge on any atom is -0.339 e. The fourth-order valence-corrected chi connectivity index (χ4v) is 2.88. The van der Waals surface area contributed by atoms with Gasteiger partial charge in [-0.3, -0.25) is 0 Å². The van der Waals surface area contributed by atoms with Crippen LogP contribution >= 0.6 is 0 Å². The summed E-state index contributed by atoms with van der Waals surface area (Å²) in [6.45, 7) is 6.65. The normalized spacial score (nSPS) is 11.0. The second kappa shape index (κ2) is 5.61. The molecule has 0 fully saturated rings. The summed E-state index contributed by atoms with van der Waals surface area (Å²) in [5.41, 5.74) is 3.83. The zero-order chi connectivity index (χ0) is 14.8. The van der Waals surface area contributed by atoms with Gasteiger partial charge in [-0.05, 0) is 55.3 Å². The van der Waals surface area contributed by atoms with Gasteiger partial charge in [-0.15, -0.1) is 0 Å². The molecule has 0 atom stereocenters. The molecule has 0 amide bonds. The van der Waals surface area contributed by atoms with E-state index in [9.17, 15) is 0 Å². The number of rotatable bonds is 3. The molecule has 0 heterocycles. The second-order valence-electron chi connectivity index (χ2n) is 5.78. The van der Waals surface area contributed by atoms with E-state index in [0.29, 0.717) is 6.04 Å². The van der Waals surface area contributed by atoms with E-state index in [1.807, 2.05) is 0 Å². The monoisotopic (exact) mass is 275 g/mol. The molecule has 0 saturated carbocycles. The van der Waals surface area contributed by atoms with Crippen molar-refractivity contribution >= 4 is 22.1 Å². The molecular formula is C20H21N. The molecule has 0 aliphatic carbocycles. The van der Waals surface area contributed by atoms with Crippen molar-refractivity contribution in [2.24, 2.45) is 0 Å². The van der Waals surface area contributed by atoms with Crippen molar-refractivity contribution in [3.05, 3.63) is 72.3 Å². The molecule has 0 radical (unpaired) electrons. The predicted molar refractivity (Wildman–Crippen MR) is 92.4 cm³/mol. The van der Waals surface area contributed by atoms with Gasteiger partial charge < -0.3 is 4.90 Å². The number of aryl methyl sites for hydroxylation is 1. The highest BCUT2D eigenvalue weighted by molar-refractivity contribution is 5.87. The van der Waals surface area contributed by atoms with Gasteiger partial charge in [0.05, 0.1) is 0 Å². The Kier molecular flexibility index (Phi) is 3.66. The molecule has 0 aromatic heterocycles. The molecule has 0 aliphatic rings. The van der Waals surface area contributed by atoms with Crippen LogP contribution in [-0.4, -0.2) is 6.04 Å². The van der Waals surface area contributed by atoms with Crippen molar-refractivity contribution in [2.75, 3.05) is 4.90 Å². The summed E-state index contributed by atoms with van der Waals surface area (Å²) in [7, 11) is 0. The van der Waals surface area contributed by atoms with Gasteiger partial charge in [-0.1, -0.05) is 48.5 Å². The lowest BCUT2D eigenvalue weighted by molar-refractivity contribution is 0.787. The van der Waals surface area contributed by atoms with E-state index < -0.39 is 0 Å². The van der Waals surface area contributed by atoms with Crippen LogP contribution in [0.5, 0.6) is 0 Å². The molecule has 106 valence electrons. The molecule has 0 unspecified atom stereocenters. The largest absolute Gasteiger partial charge is 0.339 e. The van der Waals surface area contributed by atoms with E-state index in [1.54, 1.807) is 0 Å². The van der Waals surface area contributed by atoms with E-state index in [0.717, 1.165) is 0 Å². The first-order valence-electron chi connectivity index (χ1n) is 7.50. The molecule has 0 bridgehead atoms. The van der Waals surface area contributed by atoms with Crippen LogP contribution in [0.4, 0.5) is 11.4 Å². The molecule has 0 saturated heterocycles. The first kappa shape index (κ1) is 13.7. The van der Waals surface area contributed by atoms with Gasteiger partial charge in [0, 0.05) is 17.4 Å². The van der Waals surface area contributed by atoms with Crippen LogP contribution < -0.4 is 4.90 Å². The molecule has 1 nitrogen and oxygen atoms in total. The molecule has 1 heteroatoms. The van der Waals surface area contributed by atoms with Crippen molar-refractivity contribution in [2.45, 2.75) is 26.8 Å². The van der Waals surface area contributed by atoms with Gasteiger partial charge >= 0.3 is 0 Å². The summed E-state index contributed by atoms with van der Waals surface area (Å²) in [6.07, 6.45) is 0. The lowest BCUT2D eigenvalue weighted by Crippen LogP contribution is -2.26. The molecule has 0 aliphatic heterocycles. The maximum atomic E-state index is 2.40. The molecule has 3 aromatic rings. The third-order valence-corrected chi connectivity index (χ3v) is 3.90. The Labute approximate surface area is 126 Å². The van der Waals surface area contributed by atoms with Crippen LogP contribution in [-0.2, 0) is 0 Å². The van der Waals surface area contributed by atoms with Crippen LogP contribution in [0.1, 0.15) is 19.4 Å². The van der Waals surface area contributed by atoms with Gasteiger partial charge in [0.15, 0.2) is 0 Å². The lowest BCUT2D eigenvalue weighted by Gasteiger charge is -2.30. The van der Waals surface area contributed by atoms with E-state index in [1.165, 1.54) is 27.7 Å². The van der Waals surface area contributed by atoms with Crippen LogP contribution in [0.2, 0.25) is 0 Å². The van der Waals surface area contributed by atoms with E-state index in [4.69, 9.17) is 0 Å². The van der Waals surface area contributed by atoms with Crippen LogP contribution in [0.3, 0.4) is 0 Å². The SMILES string of the molecule is Cc1ccccc1N(c1ccc2ccccc2c1)C(C)C. The molecule has 3 rings (SSSR count). The maximum Gasteiger partial charge on any atom is 0.0442 e. The van der Waals surface area contributed by atoms with E-state index >= 15 is 0 Å². The maximum absolute atomic E-state index is 2.40. The highest BCUT2D eigenvalue weighted by Gasteiger charge is 2.15. The second-order valence-corrected chi connectivity index (χ2v) is 5.78. The topological polar surface area (TPSA) is 3.24 Å². The van der Waals surface area contributed by atoms with E-state index in [2.05, 4.69) is 92.4 Å². The van der Waals surface area contributed by atoms with Crippen molar-refractivity contribution in [3.8, 4) is 0 Å². The molecule has 0 N–H and O–H groups in total. The summed E-state index contributed by atoms with van der Waals surface area (Å²) in [4.78, 5) is 2.40. The number of nitrogens with zero attached hydrogens (tertiary/aromatic N) is 1. The zero-order valence-electron chi connectivity index (χ0n) is 12.9. The van der Waals surface area contributed by atoms with Crippen molar-refractivity contribution in [1.82, 2.24) is 0 Å². The van der Waals surface area contributed by atoms with Crippen LogP contribution in [0.25, 0.3) is 10.8 Å². The van der Waals surface area contributed by atoms with Crippen LogP contribution in [0, 0.1) is 6.92 Å². The Bertz CT molecular complexity index is 758. The van der Waals surface area contributed by atoms with Crippen LogP contribution in [0.15, 0.2) is 66.7 Å². The summed E-state index contributed by atoms with van der Waals surface area (Å²) >= 11 is 0. The number of hydrogen-bond acceptors (Lipinski definition) is 1. The minimum absolute atomic E-state index is 0.410. The number of benzene rings is 3. The molecule has 3 aromatic carbocycles. The standard InChI is InChI=1S/C20H21N/c1-15(2)21(20-11-7-4-8-16(20)3)19-13-12-17-9-5-6-10-18(17)14-19/h4-15H,1-3H3. The average Bonchev–Trinajstić information content (AvgIpc) is 2.49. The molecule has 0 spiro atoms. The van der Waals surface area contributed by atoms with Gasteiger partial charge in [0.1, 0.15) is 0 Å². The van der Waals surface area contributed by atoms with Crippen molar-refractivity contribution in [1.29, 1.82) is 0 Å². The van der Waals surface area contributed by atoms with Gasteiger partial charge in [0.2, 0.25) is 0 Å². The van der Waals surface area contributed by atoms with Gasteiger partial charge in [-0.2, -0.15) is 0 Å². The molecular weight excluding hydrogens is 254 g/mol. The quantitative estimate of drug-likeness (QED) is 0.593. The Balaban J connectivity index is 2.14. The van der Waals surface area contributed by atoms with Gasteiger partial charge in [-0.25, -0.2) is 0 Å². The third-order valence-electron chi connectivity index (χ3n) is 3.90. The summed E-state index contributed by atoms with van der Waals surface area (Å²) in [5, 5.41) is 2.57.